The number of carbonyl (C=O) groups is 1. The number of amides is 1. The molecule has 0 saturated heterocycles. The normalized spacial score (nSPS) is 18.8. The van der Waals surface area contributed by atoms with Gasteiger partial charge in [-0.1, -0.05) is 23.8 Å². The van der Waals surface area contributed by atoms with Gasteiger partial charge in [-0.15, -0.1) is 0 Å². The number of aromatic amines is 1. The summed E-state index contributed by atoms with van der Waals surface area (Å²) in [6.07, 6.45) is 5.33. The lowest BCUT2D eigenvalue weighted by Gasteiger charge is -2.31. The second-order valence-corrected chi connectivity index (χ2v) is 9.85. The topological polar surface area (TPSA) is 82.7 Å². The second kappa shape index (κ2) is 8.70. The number of pyridine rings is 1. The minimum Gasteiger partial charge on any atom is -0.382 e. The molecule has 176 valence electrons. The van der Waals surface area contributed by atoms with Crippen LogP contribution in [0.2, 0.25) is 0 Å². The van der Waals surface area contributed by atoms with Crippen molar-refractivity contribution < 1.29 is 9.18 Å². The Morgan fingerprint density at radius 1 is 1.09 bits per heavy atom. The van der Waals surface area contributed by atoms with Gasteiger partial charge in [0.2, 0.25) is 0 Å². The van der Waals surface area contributed by atoms with Crippen molar-refractivity contribution in [2.45, 2.75) is 64.2 Å². The quantitative estimate of drug-likeness (QED) is 0.353. The molecule has 7 heteroatoms. The molecule has 34 heavy (non-hydrogen) atoms. The van der Waals surface area contributed by atoms with E-state index in [0.717, 1.165) is 58.7 Å². The second-order valence-electron chi connectivity index (χ2n) is 9.85. The molecule has 1 fully saturated rings. The van der Waals surface area contributed by atoms with E-state index in [-0.39, 0.29) is 18.0 Å². The van der Waals surface area contributed by atoms with Crippen molar-refractivity contribution >= 4 is 33.4 Å². The summed E-state index contributed by atoms with van der Waals surface area (Å²) >= 11 is 0. The summed E-state index contributed by atoms with van der Waals surface area (Å²) < 4.78 is 14.7. The van der Waals surface area contributed by atoms with Crippen LogP contribution in [0.4, 0.5) is 10.1 Å². The van der Waals surface area contributed by atoms with Gasteiger partial charge < -0.3 is 10.6 Å². The Morgan fingerprint density at radius 2 is 1.85 bits per heavy atom. The maximum Gasteiger partial charge on any atom is 0.253 e. The molecule has 0 bridgehead atoms. The highest BCUT2D eigenvalue weighted by atomic mass is 19.1. The number of anilines is 1. The average Bonchev–Trinajstić information content (AvgIpc) is 3.29. The van der Waals surface area contributed by atoms with Crippen LogP contribution in [0.5, 0.6) is 0 Å². The summed E-state index contributed by atoms with van der Waals surface area (Å²) in [6, 6.07) is 13.9. The first kappa shape index (κ1) is 22.3. The first-order valence-corrected chi connectivity index (χ1v) is 11.9. The van der Waals surface area contributed by atoms with E-state index in [2.05, 4.69) is 31.9 Å². The van der Waals surface area contributed by atoms with Gasteiger partial charge in [-0.25, -0.2) is 9.37 Å². The fourth-order valence-electron chi connectivity index (χ4n) is 4.79. The van der Waals surface area contributed by atoms with Gasteiger partial charge in [-0.05, 0) is 70.7 Å². The zero-order chi connectivity index (χ0) is 23.9. The fourth-order valence-corrected chi connectivity index (χ4v) is 4.79. The fraction of sp³-hybridized carbons (Fsp3) is 0.370. The predicted molar refractivity (Wildman–Crippen MR) is 134 cm³/mol. The van der Waals surface area contributed by atoms with Gasteiger partial charge in [-0.2, -0.15) is 5.10 Å². The summed E-state index contributed by atoms with van der Waals surface area (Å²) in [7, 11) is 0. The summed E-state index contributed by atoms with van der Waals surface area (Å²) in [5, 5.41) is 15.8. The molecule has 2 aromatic heterocycles. The number of benzene rings is 2. The molecule has 4 aromatic rings. The Balaban J connectivity index is 1.28. The van der Waals surface area contributed by atoms with Crippen molar-refractivity contribution in [1.29, 1.82) is 0 Å². The molecule has 6 nitrogen and oxygen atoms in total. The summed E-state index contributed by atoms with van der Waals surface area (Å²) in [5.74, 6) is -0.0725. The highest BCUT2D eigenvalue weighted by Crippen LogP contribution is 2.33. The summed E-state index contributed by atoms with van der Waals surface area (Å²) in [5.41, 5.74) is 3.16. The van der Waals surface area contributed by atoms with Crippen LogP contribution in [0.15, 0.2) is 48.7 Å². The van der Waals surface area contributed by atoms with Crippen LogP contribution >= 0.6 is 0 Å². The Hall–Kier alpha value is -3.48. The van der Waals surface area contributed by atoms with Crippen LogP contribution in [-0.4, -0.2) is 33.2 Å². The zero-order valence-electron chi connectivity index (χ0n) is 19.8. The van der Waals surface area contributed by atoms with Crippen molar-refractivity contribution in [2.75, 3.05) is 5.32 Å². The molecular weight excluding hydrogens is 429 g/mol. The SMILES string of the molecule is Cc1ccc2nc(C(C)(C)F)cc(NC3CCC(NC(=O)c4cccc5cn[nH]c45)CC3)c2c1. The van der Waals surface area contributed by atoms with Crippen LogP contribution in [0, 0.1) is 6.92 Å². The van der Waals surface area contributed by atoms with E-state index in [1.165, 1.54) is 13.8 Å². The standard InChI is InChI=1S/C27H30FN5O/c1-16-7-12-22-21(13-16)23(14-24(32-22)27(2,3)28)30-18-8-10-19(11-9-18)31-26(34)20-6-4-5-17-15-29-33-25(17)20/h4-7,12-15,18-19H,8-11H2,1-3H3,(H,29,33)(H,30,32)(H,31,34). The highest BCUT2D eigenvalue weighted by molar-refractivity contribution is 6.05. The molecule has 0 radical (unpaired) electrons. The van der Waals surface area contributed by atoms with Crippen molar-refractivity contribution in [3.05, 3.63) is 65.5 Å². The van der Waals surface area contributed by atoms with E-state index in [9.17, 15) is 9.18 Å². The van der Waals surface area contributed by atoms with Crippen LogP contribution < -0.4 is 10.6 Å². The number of nitrogens with one attached hydrogen (secondary N) is 3. The smallest absolute Gasteiger partial charge is 0.253 e. The van der Waals surface area contributed by atoms with Gasteiger partial charge in [0.1, 0.15) is 5.67 Å². The number of alkyl halides is 1. The molecule has 1 saturated carbocycles. The molecule has 5 rings (SSSR count). The van der Waals surface area contributed by atoms with E-state index in [1.807, 2.05) is 43.3 Å². The van der Waals surface area contributed by atoms with E-state index < -0.39 is 5.67 Å². The molecule has 1 aliphatic rings. The molecule has 1 aliphatic carbocycles. The van der Waals surface area contributed by atoms with E-state index in [0.29, 0.717) is 11.3 Å². The Labute approximate surface area is 198 Å². The molecule has 3 N–H and O–H groups in total. The predicted octanol–water partition coefficient (Wildman–Crippen LogP) is 5.78. The van der Waals surface area contributed by atoms with E-state index in [4.69, 9.17) is 0 Å². The highest BCUT2D eigenvalue weighted by Gasteiger charge is 2.26. The minimum absolute atomic E-state index is 0.0725. The monoisotopic (exact) mass is 459 g/mol. The number of aromatic nitrogens is 3. The molecule has 2 aromatic carbocycles. The third kappa shape index (κ3) is 4.47. The van der Waals surface area contributed by atoms with Gasteiger partial charge >= 0.3 is 0 Å². The Morgan fingerprint density at radius 3 is 2.62 bits per heavy atom. The first-order valence-electron chi connectivity index (χ1n) is 11.9. The number of hydrogen-bond donors (Lipinski definition) is 3. The first-order chi connectivity index (χ1) is 16.3. The average molecular weight is 460 g/mol. The molecule has 0 unspecified atom stereocenters. The van der Waals surface area contributed by atoms with Crippen LogP contribution in [0.1, 0.15) is 61.1 Å². The number of H-pyrrole nitrogens is 1. The van der Waals surface area contributed by atoms with Crippen LogP contribution in [-0.2, 0) is 5.67 Å². The van der Waals surface area contributed by atoms with Gasteiger partial charge in [0, 0.05) is 28.5 Å². The van der Waals surface area contributed by atoms with Gasteiger partial charge in [0.15, 0.2) is 0 Å². The third-order valence-corrected chi connectivity index (χ3v) is 6.72. The van der Waals surface area contributed by atoms with Crippen molar-refractivity contribution in [3.8, 4) is 0 Å². The third-order valence-electron chi connectivity index (χ3n) is 6.72. The number of nitrogens with zero attached hydrogens (tertiary/aromatic N) is 2. The molecular formula is C27H30FN5O. The number of halogens is 1. The van der Waals surface area contributed by atoms with Crippen molar-refractivity contribution in [1.82, 2.24) is 20.5 Å². The van der Waals surface area contributed by atoms with Crippen molar-refractivity contribution in [3.63, 3.8) is 0 Å². The largest absolute Gasteiger partial charge is 0.382 e. The number of para-hydroxylation sites is 1. The molecule has 2 heterocycles. The summed E-state index contributed by atoms with van der Waals surface area (Å²) in [6.45, 7) is 5.13. The minimum atomic E-state index is -1.52. The zero-order valence-corrected chi connectivity index (χ0v) is 19.8. The number of rotatable bonds is 5. The molecule has 0 aliphatic heterocycles. The molecule has 0 atom stereocenters. The Kier molecular flexibility index (Phi) is 5.71. The lowest BCUT2D eigenvalue weighted by molar-refractivity contribution is 0.0928. The molecule has 1 amide bonds. The van der Waals surface area contributed by atoms with Gasteiger partial charge in [0.05, 0.1) is 28.5 Å². The van der Waals surface area contributed by atoms with E-state index in [1.54, 1.807) is 6.20 Å². The number of carbonyl (C=O) groups excluding carboxylic acids is 1. The lowest BCUT2D eigenvalue weighted by atomic mass is 9.90. The van der Waals surface area contributed by atoms with Crippen molar-refractivity contribution in [2.24, 2.45) is 0 Å². The van der Waals surface area contributed by atoms with Crippen LogP contribution in [0.25, 0.3) is 21.8 Å². The maximum absolute atomic E-state index is 14.7. The maximum atomic E-state index is 14.7. The lowest BCUT2D eigenvalue weighted by Crippen LogP contribution is -2.40. The van der Waals surface area contributed by atoms with Gasteiger partial charge in [-0.3, -0.25) is 9.89 Å². The number of aryl methyl sites for hydroxylation is 1. The Bertz CT molecular complexity index is 1350. The summed E-state index contributed by atoms with van der Waals surface area (Å²) in [4.78, 5) is 17.5. The number of fused-ring (bicyclic) bond motifs is 2. The van der Waals surface area contributed by atoms with E-state index >= 15 is 0 Å². The number of hydrogen-bond acceptors (Lipinski definition) is 4. The van der Waals surface area contributed by atoms with Crippen LogP contribution in [0.3, 0.4) is 0 Å². The van der Waals surface area contributed by atoms with Gasteiger partial charge in [0.25, 0.3) is 5.91 Å². The molecule has 0 spiro atoms.